The summed E-state index contributed by atoms with van der Waals surface area (Å²) >= 11 is 0. The van der Waals surface area contributed by atoms with Gasteiger partial charge in [0.05, 0.1) is 17.8 Å². The third kappa shape index (κ3) is 8.65. The van der Waals surface area contributed by atoms with Crippen LogP contribution >= 0.6 is 0 Å². The molecule has 5 aliphatic rings. The van der Waals surface area contributed by atoms with Crippen molar-refractivity contribution in [3.8, 4) is 0 Å². The highest BCUT2D eigenvalue weighted by molar-refractivity contribution is 6.01. The number of piperidine rings is 3. The van der Waals surface area contributed by atoms with Crippen molar-refractivity contribution < 1.29 is 14.4 Å². The van der Waals surface area contributed by atoms with Crippen LogP contribution in [0.15, 0.2) is 54.9 Å². The number of carbonyl (C=O) groups is 3. The molecule has 0 spiro atoms. The van der Waals surface area contributed by atoms with E-state index < -0.39 is 0 Å². The Balaban J connectivity index is 0.710. The van der Waals surface area contributed by atoms with Crippen LogP contribution in [0.4, 0.5) is 23.1 Å². The first kappa shape index (κ1) is 39.4. The summed E-state index contributed by atoms with van der Waals surface area (Å²) in [6.07, 6.45) is 14.1. The lowest BCUT2D eigenvalue weighted by atomic mass is 9.90. The molecule has 1 atom stereocenters. The largest absolute Gasteiger partial charge is 0.371 e. The Kier molecular flexibility index (Phi) is 11.5. The first-order valence-corrected chi connectivity index (χ1v) is 22.0. The van der Waals surface area contributed by atoms with Gasteiger partial charge in [0.15, 0.2) is 0 Å². The number of fused-ring (bicyclic) bond motifs is 1. The summed E-state index contributed by atoms with van der Waals surface area (Å²) in [5.74, 6) is 1.36. The van der Waals surface area contributed by atoms with Gasteiger partial charge in [-0.05, 0) is 99.8 Å². The normalized spacial score (nSPS) is 22.0. The Morgan fingerprint density at radius 2 is 1.49 bits per heavy atom. The number of imide groups is 1. The van der Waals surface area contributed by atoms with Gasteiger partial charge in [0.25, 0.3) is 5.91 Å². The van der Waals surface area contributed by atoms with E-state index >= 15 is 0 Å². The first-order valence-electron chi connectivity index (χ1n) is 22.0. The number of carbonyl (C=O) groups excluding carboxylic acids is 3. The van der Waals surface area contributed by atoms with Gasteiger partial charge in [-0.3, -0.25) is 24.6 Å². The van der Waals surface area contributed by atoms with E-state index in [1.807, 2.05) is 18.3 Å². The lowest BCUT2D eigenvalue weighted by molar-refractivity contribution is -0.134. The summed E-state index contributed by atoms with van der Waals surface area (Å²) in [5, 5.41) is 6.67. The number of rotatable bonds is 10. The van der Waals surface area contributed by atoms with Gasteiger partial charge in [-0.2, -0.15) is 4.98 Å². The van der Waals surface area contributed by atoms with Crippen LogP contribution in [0.5, 0.6) is 0 Å². The van der Waals surface area contributed by atoms with E-state index in [1.54, 1.807) is 25.2 Å². The van der Waals surface area contributed by atoms with Crippen molar-refractivity contribution in [1.82, 2.24) is 39.5 Å². The van der Waals surface area contributed by atoms with E-state index in [1.165, 1.54) is 63.8 Å². The van der Waals surface area contributed by atoms with Crippen LogP contribution < -0.4 is 20.4 Å². The average molecular weight is 802 g/mol. The van der Waals surface area contributed by atoms with Gasteiger partial charge >= 0.3 is 0 Å². The molecule has 1 aliphatic carbocycles. The molecule has 4 saturated heterocycles. The molecular formula is C45H59N11O3. The van der Waals surface area contributed by atoms with E-state index in [0.29, 0.717) is 36.3 Å². The van der Waals surface area contributed by atoms with Gasteiger partial charge in [0.2, 0.25) is 17.8 Å². The van der Waals surface area contributed by atoms with Crippen molar-refractivity contribution >= 4 is 51.9 Å². The van der Waals surface area contributed by atoms with Crippen LogP contribution in [0.1, 0.15) is 92.2 Å². The molecule has 1 aromatic carbocycles. The fraction of sp³-hybridized carbons (Fsp3) is 0.556. The number of hydrogen-bond donors (Lipinski definition) is 2. The van der Waals surface area contributed by atoms with Gasteiger partial charge in [0.1, 0.15) is 17.2 Å². The number of nitrogens with zero attached hydrogens (tertiary/aromatic N) is 9. The molecule has 9 rings (SSSR count). The van der Waals surface area contributed by atoms with Gasteiger partial charge in [-0.15, -0.1) is 0 Å². The molecule has 14 nitrogen and oxygen atoms in total. The van der Waals surface area contributed by atoms with Crippen molar-refractivity contribution in [2.45, 2.75) is 82.2 Å². The molecule has 1 unspecified atom stereocenters. The zero-order valence-corrected chi connectivity index (χ0v) is 34.7. The van der Waals surface area contributed by atoms with Gasteiger partial charge in [-0.1, -0.05) is 25.0 Å². The lowest BCUT2D eigenvalue weighted by Crippen LogP contribution is -2.51. The standard InChI is InChI=1S/C45H59N11O3/c1-51(2)44(59)39-27-33-28-47-45(50-42(33)56(39)36-5-3-4-6-36)48-40-13-11-37(29-46-40)55-25-23-52(24-26-55)30-31-15-19-53(20-16-31)35-17-21-54(22-18-35)34-9-7-32(8-10-34)38-12-14-41(57)49-43(38)58/h7-11,13,27-29,31,35-36,38H,3-6,12,14-26,30H2,1-2H3,(H,49,57,58)(H,46,47,48,50). The first-order chi connectivity index (χ1) is 28.8. The maximum Gasteiger partial charge on any atom is 0.270 e. The van der Waals surface area contributed by atoms with E-state index in [2.05, 4.69) is 70.1 Å². The molecule has 4 aliphatic heterocycles. The number of likely N-dealkylation sites (tertiary alicyclic amines) is 1. The quantitative estimate of drug-likeness (QED) is 0.200. The number of aromatic nitrogens is 4. The number of nitrogens with one attached hydrogen (secondary N) is 2. The molecule has 4 aromatic rings. The number of piperazine rings is 1. The third-order valence-corrected chi connectivity index (χ3v) is 13.7. The second-order valence-electron chi connectivity index (χ2n) is 17.6. The molecule has 2 N–H and O–H groups in total. The highest BCUT2D eigenvalue weighted by Gasteiger charge is 2.32. The predicted molar refractivity (Wildman–Crippen MR) is 230 cm³/mol. The van der Waals surface area contributed by atoms with Crippen LogP contribution in [-0.2, 0) is 9.59 Å². The molecular weight excluding hydrogens is 743 g/mol. The summed E-state index contributed by atoms with van der Waals surface area (Å²) in [5.41, 5.74) is 4.83. The topological polar surface area (TPSA) is 135 Å². The second-order valence-corrected chi connectivity index (χ2v) is 17.6. The third-order valence-electron chi connectivity index (χ3n) is 13.7. The lowest BCUT2D eigenvalue weighted by Gasteiger charge is -2.43. The Morgan fingerprint density at radius 3 is 2.17 bits per heavy atom. The molecule has 1 saturated carbocycles. The number of benzene rings is 1. The zero-order valence-electron chi connectivity index (χ0n) is 34.7. The molecule has 3 amide bonds. The highest BCUT2D eigenvalue weighted by atomic mass is 16.2. The van der Waals surface area contributed by atoms with E-state index in [0.717, 1.165) is 80.3 Å². The Morgan fingerprint density at radius 1 is 0.780 bits per heavy atom. The van der Waals surface area contributed by atoms with Crippen LogP contribution in [0.2, 0.25) is 0 Å². The van der Waals surface area contributed by atoms with Crippen molar-refractivity contribution in [3.05, 3.63) is 66.1 Å². The minimum absolute atomic E-state index is 0.0108. The Labute approximate surface area is 347 Å². The van der Waals surface area contributed by atoms with Gasteiger partial charge in [0, 0.05) is 95.7 Å². The van der Waals surface area contributed by atoms with Crippen molar-refractivity contribution in [3.63, 3.8) is 0 Å². The fourth-order valence-corrected chi connectivity index (χ4v) is 10.2. The van der Waals surface area contributed by atoms with Crippen LogP contribution in [0.3, 0.4) is 0 Å². The van der Waals surface area contributed by atoms with E-state index in [4.69, 9.17) is 9.97 Å². The maximum atomic E-state index is 13.1. The predicted octanol–water partition coefficient (Wildman–Crippen LogP) is 5.41. The molecule has 14 heteroatoms. The SMILES string of the molecule is CN(C)C(=O)c1cc2cnc(Nc3ccc(N4CCN(CC5CCN(C6CCN(c7ccc(C8CCC(=O)NC8=O)cc7)CC6)CC5)CC4)cn3)nc2n1C1CCCC1. The number of amides is 3. The molecule has 5 fully saturated rings. The molecule has 3 aromatic heterocycles. The Hall–Kier alpha value is -5.08. The number of pyridine rings is 1. The smallest absolute Gasteiger partial charge is 0.270 e. The van der Waals surface area contributed by atoms with Crippen molar-refractivity contribution in [2.75, 3.05) is 88.1 Å². The fourth-order valence-electron chi connectivity index (χ4n) is 10.2. The molecule has 312 valence electrons. The zero-order chi connectivity index (χ0) is 40.5. The van der Waals surface area contributed by atoms with Crippen LogP contribution in [-0.4, -0.2) is 131 Å². The van der Waals surface area contributed by atoms with Crippen molar-refractivity contribution in [1.29, 1.82) is 0 Å². The monoisotopic (exact) mass is 801 g/mol. The minimum atomic E-state index is -0.228. The van der Waals surface area contributed by atoms with E-state index in [9.17, 15) is 14.4 Å². The van der Waals surface area contributed by atoms with Crippen LogP contribution in [0, 0.1) is 5.92 Å². The van der Waals surface area contributed by atoms with Crippen LogP contribution in [0.25, 0.3) is 11.0 Å². The maximum absolute atomic E-state index is 13.1. The highest BCUT2D eigenvalue weighted by Crippen LogP contribution is 2.35. The molecule has 0 bridgehead atoms. The minimum Gasteiger partial charge on any atom is -0.371 e. The molecule has 59 heavy (non-hydrogen) atoms. The van der Waals surface area contributed by atoms with Gasteiger partial charge in [-0.25, -0.2) is 9.97 Å². The van der Waals surface area contributed by atoms with E-state index in [-0.39, 0.29) is 29.7 Å². The molecule has 7 heterocycles. The summed E-state index contributed by atoms with van der Waals surface area (Å²) in [4.78, 5) is 63.2. The average Bonchev–Trinajstić information content (AvgIpc) is 3.93. The second kappa shape index (κ2) is 17.3. The molecule has 0 radical (unpaired) electrons. The Bertz CT molecular complexity index is 2110. The summed E-state index contributed by atoms with van der Waals surface area (Å²) in [6, 6.07) is 15.4. The number of anilines is 4. The van der Waals surface area contributed by atoms with Gasteiger partial charge < -0.3 is 29.5 Å². The summed E-state index contributed by atoms with van der Waals surface area (Å²) in [7, 11) is 3.59. The van der Waals surface area contributed by atoms with Crippen molar-refractivity contribution in [2.24, 2.45) is 5.92 Å². The number of hydrogen-bond acceptors (Lipinski definition) is 11. The summed E-state index contributed by atoms with van der Waals surface area (Å²) in [6.45, 7) is 9.84. The summed E-state index contributed by atoms with van der Waals surface area (Å²) < 4.78 is 2.14.